The van der Waals surface area contributed by atoms with E-state index < -0.39 is 0 Å². The molecule has 174 valence electrons. The van der Waals surface area contributed by atoms with Crippen LogP contribution < -0.4 is 4.74 Å². The highest BCUT2D eigenvalue weighted by molar-refractivity contribution is 6.30. The zero-order chi connectivity index (χ0) is 22.9. The first-order valence-electron chi connectivity index (χ1n) is 12.0. The Morgan fingerprint density at radius 1 is 1.03 bits per heavy atom. The van der Waals surface area contributed by atoms with Crippen LogP contribution in [0.5, 0.6) is 5.75 Å². The van der Waals surface area contributed by atoms with Crippen LogP contribution in [0.2, 0.25) is 5.02 Å². The monoisotopic (exact) mass is 455 g/mol. The number of hydrogen-bond acceptors (Lipinski definition) is 3. The normalized spacial score (nSPS) is 17.1. The molecule has 0 saturated carbocycles. The largest absolute Gasteiger partial charge is 0.494 e. The molecule has 0 N–H and O–H groups in total. The summed E-state index contributed by atoms with van der Waals surface area (Å²) in [4.78, 5) is 2.45. The number of unbranched alkanes of at least 4 members (excludes halogenated alkanes) is 2. The van der Waals surface area contributed by atoms with Crippen LogP contribution in [0.1, 0.15) is 68.7 Å². The van der Waals surface area contributed by atoms with Crippen molar-refractivity contribution in [3.05, 3.63) is 69.8 Å². The SMILES string of the molecule is CCCc1ccc(Cl)cc1C1=C(C)C(c2ccc(OCCCCCOC)cc2)N(C)CC1. The van der Waals surface area contributed by atoms with Crippen LogP contribution in [0.25, 0.3) is 5.57 Å². The number of halogens is 1. The van der Waals surface area contributed by atoms with Gasteiger partial charge in [-0.05, 0) is 98.2 Å². The molecule has 0 radical (unpaired) electrons. The summed E-state index contributed by atoms with van der Waals surface area (Å²) in [6, 6.07) is 15.3. The van der Waals surface area contributed by atoms with E-state index in [1.165, 1.54) is 27.8 Å². The van der Waals surface area contributed by atoms with E-state index in [1.54, 1.807) is 7.11 Å². The third-order valence-corrected chi connectivity index (χ3v) is 6.65. The molecule has 0 spiro atoms. The maximum Gasteiger partial charge on any atom is 0.119 e. The molecule has 1 atom stereocenters. The number of aryl methyl sites for hydroxylation is 1. The Balaban J connectivity index is 1.76. The lowest BCUT2D eigenvalue weighted by atomic mass is 9.84. The molecule has 1 aliphatic rings. The molecule has 1 heterocycles. The maximum absolute atomic E-state index is 6.41. The highest BCUT2D eigenvalue weighted by Crippen LogP contribution is 2.40. The zero-order valence-electron chi connectivity index (χ0n) is 20.1. The lowest BCUT2D eigenvalue weighted by molar-refractivity contribution is 0.189. The standard InChI is InChI=1S/C28H38ClNO2/c1-5-9-22-10-13-24(29)20-27(22)26-16-17-30(3)28(21(26)2)23-11-14-25(15-12-23)32-19-8-6-7-18-31-4/h10-15,20,28H,5-9,16-19H2,1-4H3. The van der Waals surface area contributed by atoms with Gasteiger partial charge in [-0.2, -0.15) is 0 Å². The van der Waals surface area contributed by atoms with Gasteiger partial charge < -0.3 is 9.47 Å². The van der Waals surface area contributed by atoms with Gasteiger partial charge >= 0.3 is 0 Å². The van der Waals surface area contributed by atoms with E-state index in [9.17, 15) is 0 Å². The summed E-state index contributed by atoms with van der Waals surface area (Å²) in [5, 5.41) is 0.819. The predicted molar refractivity (Wildman–Crippen MR) is 136 cm³/mol. The number of methoxy groups -OCH3 is 1. The lowest BCUT2D eigenvalue weighted by Crippen LogP contribution is -2.31. The molecule has 1 aliphatic heterocycles. The molecule has 32 heavy (non-hydrogen) atoms. The van der Waals surface area contributed by atoms with E-state index in [4.69, 9.17) is 21.1 Å². The van der Waals surface area contributed by atoms with Gasteiger partial charge in [0.2, 0.25) is 0 Å². The van der Waals surface area contributed by atoms with Crippen LogP contribution in [0.4, 0.5) is 0 Å². The second kappa shape index (κ2) is 12.4. The van der Waals surface area contributed by atoms with Gasteiger partial charge in [-0.15, -0.1) is 0 Å². The molecule has 3 nitrogen and oxygen atoms in total. The molecule has 0 saturated heterocycles. The number of rotatable bonds is 11. The molecular formula is C28H38ClNO2. The van der Waals surface area contributed by atoms with Crippen molar-refractivity contribution in [3.63, 3.8) is 0 Å². The van der Waals surface area contributed by atoms with Crippen LogP contribution >= 0.6 is 11.6 Å². The summed E-state index contributed by atoms with van der Waals surface area (Å²) in [5.74, 6) is 0.945. The number of benzene rings is 2. The van der Waals surface area contributed by atoms with E-state index in [0.717, 1.165) is 69.1 Å². The number of ether oxygens (including phenoxy) is 2. The smallest absolute Gasteiger partial charge is 0.119 e. The summed E-state index contributed by atoms with van der Waals surface area (Å²) in [7, 11) is 3.97. The second-order valence-electron chi connectivity index (χ2n) is 8.82. The average molecular weight is 456 g/mol. The van der Waals surface area contributed by atoms with Crippen molar-refractivity contribution in [1.82, 2.24) is 4.90 Å². The maximum atomic E-state index is 6.41. The Labute approximate surface area is 199 Å². The molecule has 0 aromatic heterocycles. The molecule has 0 fully saturated rings. The molecule has 0 amide bonds. The first-order valence-corrected chi connectivity index (χ1v) is 12.3. The number of hydrogen-bond donors (Lipinski definition) is 0. The van der Waals surface area contributed by atoms with Gasteiger partial charge in [0.25, 0.3) is 0 Å². The molecule has 1 unspecified atom stereocenters. The Bertz CT molecular complexity index is 891. The summed E-state index contributed by atoms with van der Waals surface area (Å²) in [5.41, 5.74) is 6.93. The molecule has 0 bridgehead atoms. The van der Waals surface area contributed by atoms with Crippen molar-refractivity contribution in [2.24, 2.45) is 0 Å². The van der Waals surface area contributed by atoms with E-state index >= 15 is 0 Å². The third-order valence-electron chi connectivity index (χ3n) is 6.42. The Morgan fingerprint density at radius 3 is 2.50 bits per heavy atom. The van der Waals surface area contributed by atoms with Crippen LogP contribution in [-0.2, 0) is 11.2 Å². The fourth-order valence-corrected chi connectivity index (χ4v) is 4.91. The summed E-state index contributed by atoms with van der Waals surface area (Å²) in [6.45, 7) is 7.14. The minimum Gasteiger partial charge on any atom is -0.494 e. The fourth-order valence-electron chi connectivity index (χ4n) is 4.74. The van der Waals surface area contributed by atoms with Gasteiger partial charge in [-0.1, -0.05) is 43.1 Å². The molecular weight excluding hydrogens is 418 g/mol. The number of nitrogens with zero attached hydrogens (tertiary/aromatic N) is 1. The molecule has 4 heteroatoms. The van der Waals surface area contributed by atoms with Gasteiger partial charge in [0.15, 0.2) is 0 Å². The Kier molecular flexibility index (Phi) is 9.65. The van der Waals surface area contributed by atoms with Crippen molar-refractivity contribution in [3.8, 4) is 5.75 Å². The summed E-state index contributed by atoms with van der Waals surface area (Å²) >= 11 is 6.41. The van der Waals surface area contributed by atoms with Crippen molar-refractivity contribution in [2.75, 3.05) is 33.9 Å². The van der Waals surface area contributed by atoms with Crippen molar-refractivity contribution >= 4 is 17.2 Å². The van der Waals surface area contributed by atoms with Gasteiger partial charge in [-0.3, -0.25) is 4.90 Å². The molecule has 2 aromatic carbocycles. The highest BCUT2D eigenvalue weighted by Gasteiger charge is 2.27. The Morgan fingerprint density at radius 2 is 1.78 bits per heavy atom. The predicted octanol–water partition coefficient (Wildman–Crippen LogP) is 7.34. The van der Waals surface area contributed by atoms with Gasteiger partial charge in [-0.25, -0.2) is 0 Å². The van der Waals surface area contributed by atoms with Gasteiger partial charge in [0, 0.05) is 25.3 Å². The molecule has 2 aromatic rings. The minimum absolute atomic E-state index is 0.273. The third kappa shape index (κ3) is 6.37. The first kappa shape index (κ1) is 24.8. The molecule has 3 rings (SSSR count). The first-order chi connectivity index (χ1) is 15.5. The average Bonchev–Trinajstić information content (AvgIpc) is 2.79. The summed E-state index contributed by atoms with van der Waals surface area (Å²) in [6.07, 6.45) is 6.56. The quantitative estimate of drug-likeness (QED) is 0.331. The van der Waals surface area contributed by atoms with Crippen LogP contribution in [0.3, 0.4) is 0 Å². The van der Waals surface area contributed by atoms with E-state index in [1.807, 2.05) is 6.07 Å². The van der Waals surface area contributed by atoms with E-state index in [-0.39, 0.29) is 6.04 Å². The fraction of sp³-hybridized carbons (Fsp3) is 0.500. The van der Waals surface area contributed by atoms with Crippen molar-refractivity contribution in [1.29, 1.82) is 0 Å². The molecule has 0 aliphatic carbocycles. The van der Waals surface area contributed by atoms with Gasteiger partial charge in [0.1, 0.15) is 5.75 Å². The topological polar surface area (TPSA) is 21.7 Å². The van der Waals surface area contributed by atoms with E-state index in [2.05, 4.69) is 62.2 Å². The zero-order valence-corrected chi connectivity index (χ0v) is 20.9. The second-order valence-corrected chi connectivity index (χ2v) is 9.25. The van der Waals surface area contributed by atoms with Crippen LogP contribution in [0.15, 0.2) is 48.0 Å². The van der Waals surface area contributed by atoms with E-state index in [0.29, 0.717) is 0 Å². The highest BCUT2D eigenvalue weighted by atomic mass is 35.5. The minimum atomic E-state index is 0.273. The Hall–Kier alpha value is -1.81. The van der Waals surface area contributed by atoms with Crippen molar-refractivity contribution < 1.29 is 9.47 Å². The van der Waals surface area contributed by atoms with Crippen LogP contribution in [-0.4, -0.2) is 38.8 Å². The number of likely N-dealkylation sites (N-methyl/N-ethyl adjacent to an activating group) is 1. The van der Waals surface area contributed by atoms with Gasteiger partial charge in [0.05, 0.1) is 12.6 Å². The lowest BCUT2D eigenvalue weighted by Gasteiger charge is -2.36. The van der Waals surface area contributed by atoms with Crippen molar-refractivity contribution in [2.45, 2.75) is 58.4 Å². The summed E-state index contributed by atoms with van der Waals surface area (Å²) < 4.78 is 11.0. The van der Waals surface area contributed by atoms with Crippen LogP contribution in [0, 0.1) is 0 Å².